The van der Waals surface area contributed by atoms with Gasteiger partial charge in [-0.2, -0.15) is 5.10 Å². The molecule has 2 N–H and O–H groups in total. The first-order chi connectivity index (χ1) is 15.1. The van der Waals surface area contributed by atoms with Crippen LogP contribution in [0.4, 0.5) is 10.2 Å². The number of amides is 1. The van der Waals surface area contributed by atoms with Crippen LogP contribution in [0.5, 0.6) is 0 Å². The second-order valence-electron chi connectivity index (χ2n) is 9.65. The molecule has 172 valence electrons. The molecule has 1 aliphatic carbocycles. The number of esters is 1. The molecular formula is C23H30FN5O3. The van der Waals surface area contributed by atoms with Gasteiger partial charge in [0.1, 0.15) is 5.60 Å². The molecule has 2 atom stereocenters. The summed E-state index contributed by atoms with van der Waals surface area (Å²) in [7, 11) is 1.77. The highest BCUT2D eigenvalue weighted by molar-refractivity contribution is 6.04. The zero-order valence-electron chi connectivity index (χ0n) is 19.0. The Labute approximate surface area is 186 Å². The van der Waals surface area contributed by atoms with Gasteiger partial charge in [0.05, 0.1) is 23.9 Å². The standard InChI is InChI=1S/C23H30FN5O3/c1-23(2,3)32-17(30)9-13-7-5-6-8-16(13)27-21-19(24)15-11-25-22(31)18(15)20(28-21)14-10-26-29(4)12-14/h10,12-13,16H,5-9,11H2,1-4H3,(H,25,31)(H,27,28)/t13-,16-/m1/s1. The summed E-state index contributed by atoms with van der Waals surface area (Å²) in [4.78, 5) is 29.3. The molecule has 4 rings (SSSR count). The molecule has 8 nitrogen and oxygen atoms in total. The summed E-state index contributed by atoms with van der Waals surface area (Å²) in [5.41, 5.74) is 1.09. The summed E-state index contributed by atoms with van der Waals surface area (Å²) in [6.45, 7) is 5.67. The van der Waals surface area contributed by atoms with E-state index in [-0.39, 0.29) is 48.2 Å². The lowest BCUT2D eigenvalue weighted by Gasteiger charge is -2.33. The Morgan fingerprint density at radius 1 is 1.34 bits per heavy atom. The number of halogens is 1. The van der Waals surface area contributed by atoms with Crippen LogP contribution in [0.15, 0.2) is 12.4 Å². The van der Waals surface area contributed by atoms with Crippen LogP contribution in [0.1, 0.15) is 68.8 Å². The highest BCUT2D eigenvalue weighted by Crippen LogP contribution is 2.35. The van der Waals surface area contributed by atoms with Crippen molar-refractivity contribution in [3.63, 3.8) is 0 Å². The second kappa shape index (κ2) is 8.52. The lowest BCUT2D eigenvalue weighted by molar-refractivity contribution is -0.156. The molecule has 1 fully saturated rings. The predicted molar refractivity (Wildman–Crippen MR) is 117 cm³/mol. The van der Waals surface area contributed by atoms with Crippen LogP contribution < -0.4 is 10.6 Å². The monoisotopic (exact) mass is 443 g/mol. The number of nitrogens with one attached hydrogen (secondary N) is 2. The van der Waals surface area contributed by atoms with E-state index in [1.165, 1.54) is 0 Å². The van der Waals surface area contributed by atoms with Crippen molar-refractivity contribution in [2.24, 2.45) is 13.0 Å². The Hall–Kier alpha value is -2.97. The Kier molecular flexibility index (Phi) is 5.92. The number of anilines is 1. The third kappa shape index (κ3) is 4.61. The van der Waals surface area contributed by atoms with Crippen LogP contribution >= 0.6 is 0 Å². The lowest BCUT2D eigenvalue weighted by atomic mass is 9.82. The van der Waals surface area contributed by atoms with Crippen molar-refractivity contribution in [3.8, 4) is 11.3 Å². The Morgan fingerprint density at radius 2 is 2.09 bits per heavy atom. The van der Waals surface area contributed by atoms with Crippen molar-refractivity contribution >= 4 is 17.7 Å². The number of carbonyl (C=O) groups is 2. The Bertz CT molecular complexity index is 1040. The molecule has 3 heterocycles. The number of hydrogen-bond acceptors (Lipinski definition) is 6. The molecule has 1 saturated carbocycles. The molecule has 0 spiro atoms. The van der Waals surface area contributed by atoms with Crippen LogP contribution in [0, 0.1) is 11.7 Å². The van der Waals surface area contributed by atoms with Crippen LogP contribution in [0.3, 0.4) is 0 Å². The first-order valence-corrected chi connectivity index (χ1v) is 11.1. The number of carbonyl (C=O) groups excluding carboxylic acids is 2. The smallest absolute Gasteiger partial charge is 0.306 e. The topological polar surface area (TPSA) is 98.1 Å². The molecule has 1 aliphatic heterocycles. The van der Waals surface area contributed by atoms with Gasteiger partial charge in [0.2, 0.25) is 0 Å². The molecule has 2 aliphatic rings. The molecule has 2 aromatic rings. The Morgan fingerprint density at radius 3 is 2.78 bits per heavy atom. The minimum atomic E-state index is -0.541. The van der Waals surface area contributed by atoms with Crippen molar-refractivity contribution in [3.05, 3.63) is 29.3 Å². The van der Waals surface area contributed by atoms with Crippen LogP contribution in [-0.2, 0) is 23.1 Å². The van der Waals surface area contributed by atoms with Gasteiger partial charge in [-0.05, 0) is 39.5 Å². The highest BCUT2D eigenvalue weighted by atomic mass is 19.1. The predicted octanol–water partition coefficient (Wildman–Crippen LogP) is 3.57. The summed E-state index contributed by atoms with van der Waals surface area (Å²) in [5, 5.41) is 10.1. The molecule has 9 heteroatoms. The van der Waals surface area contributed by atoms with E-state index in [4.69, 9.17) is 4.74 Å². The fourth-order valence-corrected chi connectivity index (χ4v) is 4.54. The summed E-state index contributed by atoms with van der Waals surface area (Å²) in [6, 6.07) is -0.108. The van der Waals surface area contributed by atoms with Crippen molar-refractivity contribution in [2.75, 3.05) is 5.32 Å². The van der Waals surface area contributed by atoms with E-state index in [2.05, 4.69) is 20.7 Å². The first-order valence-electron chi connectivity index (χ1n) is 11.1. The molecule has 0 bridgehead atoms. The minimum Gasteiger partial charge on any atom is -0.460 e. The quantitative estimate of drug-likeness (QED) is 0.686. The van der Waals surface area contributed by atoms with Crippen molar-refractivity contribution in [2.45, 2.75) is 71.1 Å². The SMILES string of the molecule is Cn1cc(-c2nc(N[C@@H]3CCCC[C@@H]3CC(=O)OC(C)(C)C)c(F)c3c2C(=O)NC3)cn1. The summed E-state index contributed by atoms with van der Waals surface area (Å²) < 4.78 is 22.5. The summed E-state index contributed by atoms with van der Waals surface area (Å²) in [6.07, 6.45) is 7.32. The molecule has 0 radical (unpaired) electrons. The van der Waals surface area contributed by atoms with Gasteiger partial charge in [-0.15, -0.1) is 0 Å². The van der Waals surface area contributed by atoms with Crippen LogP contribution in [-0.4, -0.2) is 38.3 Å². The maximum absolute atomic E-state index is 15.4. The summed E-state index contributed by atoms with van der Waals surface area (Å²) >= 11 is 0. The first kappa shape index (κ1) is 22.2. The molecular weight excluding hydrogens is 413 g/mol. The largest absolute Gasteiger partial charge is 0.460 e. The third-order valence-electron chi connectivity index (χ3n) is 5.95. The fraction of sp³-hybridized carbons (Fsp3) is 0.565. The van der Waals surface area contributed by atoms with Gasteiger partial charge in [0, 0.05) is 37.0 Å². The molecule has 0 saturated heterocycles. The zero-order chi connectivity index (χ0) is 23.0. The van der Waals surface area contributed by atoms with Crippen LogP contribution in [0.25, 0.3) is 11.3 Å². The number of fused-ring (bicyclic) bond motifs is 1. The van der Waals surface area contributed by atoms with Gasteiger partial charge in [-0.1, -0.05) is 12.8 Å². The molecule has 0 aromatic carbocycles. The van der Waals surface area contributed by atoms with Crippen molar-refractivity contribution < 1.29 is 18.7 Å². The maximum Gasteiger partial charge on any atom is 0.306 e. The molecule has 32 heavy (non-hydrogen) atoms. The number of pyridine rings is 1. The lowest BCUT2D eigenvalue weighted by Crippen LogP contribution is -2.36. The highest BCUT2D eigenvalue weighted by Gasteiger charge is 2.34. The summed E-state index contributed by atoms with van der Waals surface area (Å²) in [5.74, 6) is -0.968. The van der Waals surface area contributed by atoms with Crippen molar-refractivity contribution in [1.29, 1.82) is 0 Å². The Balaban J connectivity index is 1.63. The second-order valence-corrected chi connectivity index (χ2v) is 9.65. The van der Waals surface area contributed by atoms with E-state index in [0.29, 0.717) is 16.8 Å². The number of rotatable bonds is 5. The number of aromatic nitrogens is 3. The number of nitrogens with zero attached hydrogens (tertiary/aromatic N) is 3. The molecule has 0 unspecified atom stereocenters. The van der Waals surface area contributed by atoms with E-state index in [9.17, 15) is 9.59 Å². The van der Waals surface area contributed by atoms with Gasteiger partial charge in [0.15, 0.2) is 11.6 Å². The van der Waals surface area contributed by atoms with Gasteiger partial charge in [-0.25, -0.2) is 9.37 Å². The van der Waals surface area contributed by atoms with E-state index in [1.807, 2.05) is 20.8 Å². The normalized spacial score (nSPS) is 20.6. The van der Waals surface area contributed by atoms with E-state index in [0.717, 1.165) is 25.7 Å². The van der Waals surface area contributed by atoms with Gasteiger partial charge < -0.3 is 15.4 Å². The van der Waals surface area contributed by atoms with Gasteiger partial charge >= 0.3 is 5.97 Å². The maximum atomic E-state index is 15.4. The molecule has 1 amide bonds. The zero-order valence-corrected chi connectivity index (χ0v) is 19.0. The average Bonchev–Trinajstić information content (AvgIpc) is 3.30. The minimum absolute atomic E-state index is 0.0228. The third-order valence-corrected chi connectivity index (χ3v) is 5.95. The van der Waals surface area contributed by atoms with E-state index >= 15 is 4.39 Å². The van der Waals surface area contributed by atoms with Crippen LogP contribution in [0.2, 0.25) is 0 Å². The van der Waals surface area contributed by atoms with Gasteiger partial charge in [0.25, 0.3) is 5.91 Å². The number of ether oxygens (including phenoxy) is 1. The number of hydrogen-bond donors (Lipinski definition) is 2. The van der Waals surface area contributed by atoms with E-state index in [1.54, 1.807) is 24.1 Å². The van der Waals surface area contributed by atoms with E-state index < -0.39 is 11.4 Å². The van der Waals surface area contributed by atoms with Crippen molar-refractivity contribution in [1.82, 2.24) is 20.1 Å². The average molecular weight is 444 g/mol. The fourth-order valence-electron chi connectivity index (χ4n) is 4.54. The number of aryl methyl sites for hydroxylation is 1. The van der Waals surface area contributed by atoms with Gasteiger partial charge in [-0.3, -0.25) is 14.3 Å². The molecule has 2 aromatic heterocycles.